The molecule has 2 aliphatic carbocycles. The van der Waals surface area contributed by atoms with Gasteiger partial charge in [-0.15, -0.1) is 0 Å². The van der Waals surface area contributed by atoms with Crippen LogP contribution in [0.15, 0.2) is 36.7 Å². The topological polar surface area (TPSA) is 60.9 Å². The van der Waals surface area contributed by atoms with Gasteiger partial charge in [0, 0.05) is 24.3 Å². The van der Waals surface area contributed by atoms with Gasteiger partial charge in [-0.05, 0) is 42.4 Å². The summed E-state index contributed by atoms with van der Waals surface area (Å²) in [6.45, 7) is 0.887. The molecule has 4 rings (SSSR count). The van der Waals surface area contributed by atoms with Crippen molar-refractivity contribution in [1.29, 1.82) is 0 Å². The van der Waals surface area contributed by atoms with Crippen LogP contribution in [-0.2, 0) is 6.54 Å². The Morgan fingerprint density at radius 2 is 1.95 bits per heavy atom. The molecule has 2 aliphatic rings. The van der Waals surface area contributed by atoms with Gasteiger partial charge in [0.2, 0.25) is 0 Å². The first-order chi connectivity index (χ1) is 10.7. The normalized spacial score (nSPS) is 28.8. The van der Waals surface area contributed by atoms with Gasteiger partial charge in [0.15, 0.2) is 0 Å². The van der Waals surface area contributed by atoms with Crippen molar-refractivity contribution in [3.05, 3.63) is 53.3 Å². The maximum atomic E-state index is 9.43. The van der Waals surface area contributed by atoms with E-state index in [0.29, 0.717) is 11.5 Å². The van der Waals surface area contributed by atoms with E-state index < -0.39 is 0 Å². The lowest BCUT2D eigenvalue weighted by Gasteiger charge is -2.33. The van der Waals surface area contributed by atoms with Gasteiger partial charge in [0.25, 0.3) is 0 Å². The summed E-state index contributed by atoms with van der Waals surface area (Å²) in [5.74, 6) is 6.20. The Hall–Kier alpha value is -2.09. The van der Waals surface area contributed by atoms with Crippen LogP contribution in [-0.4, -0.2) is 27.4 Å². The van der Waals surface area contributed by atoms with Crippen molar-refractivity contribution in [2.75, 3.05) is 0 Å². The van der Waals surface area contributed by atoms with Crippen LogP contribution < -0.4 is 5.32 Å². The molecule has 0 amide bonds. The van der Waals surface area contributed by atoms with Crippen molar-refractivity contribution in [3.63, 3.8) is 0 Å². The second-order valence-electron chi connectivity index (χ2n) is 6.50. The predicted octanol–water partition coefficient (Wildman–Crippen LogP) is 1.81. The molecule has 1 aromatic heterocycles. The van der Waals surface area contributed by atoms with Gasteiger partial charge in [0.1, 0.15) is 0 Å². The summed E-state index contributed by atoms with van der Waals surface area (Å²) in [5.41, 5.74) is 3.60. The van der Waals surface area contributed by atoms with E-state index in [1.54, 1.807) is 12.4 Å². The van der Waals surface area contributed by atoms with Crippen molar-refractivity contribution < 1.29 is 5.11 Å². The van der Waals surface area contributed by atoms with Gasteiger partial charge in [0.05, 0.1) is 17.9 Å². The molecule has 0 bridgehead atoms. The van der Waals surface area contributed by atoms with E-state index in [9.17, 15) is 5.11 Å². The number of nitrogens with zero attached hydrogens (tertiary/aromatic N) is 1. The molecule has 4 heteroatoms. The van der Waals surface area contributed by atoms with Crippen molar-refractivity contribution in [1.82, 2.24) is 15.5 Å². The molecule has 0 aliphatic heterocycles. The molecule has 1 unspecified atom stereocenters. The van der Waals surface area contributed by atoms with Gasteiger partial charge in [-0.1, -0.05) is 24.0 Å². The Morgan fingerprint density at radius 3 is 2.64 bits per heavy atom. The van der Waals surface area contributed by atoms with Crippen LogP contribution in [0.3, 0.4) is 0 Å². The summed E-state index contributed by atoms with van der Waals surface area (Å²) in [6.07, 6.45) is 6.63. The Labute approximate surface area is 130 Å². The molecule has 0 radical (unpaired) electrons. The minimum atomic E-state index is -0.0557. The molecular formula is C18H19N3O. The largest absolute Gasteiger partial charge is 0.393 e. The molecule has 2 fully saturated rings. The summed E-state index contributed by atoms with van der Waals surface area (Å²) in [7, 11) is 0. The first-order valence-corrected chi connectivity index (χ1v) is 7.75. The number of hydrogen-bond acceptors (Lipinski definition) is 3. The van der Waals surface area contributed by atoms with Crippen molar-refractivity contribution >= 4 is 0 Å². The van der Waals surface area contributed by atoms with Gasteiger partial charge in [-0.25, -0.2) is 0 Å². The highest BCUT2D eigenvalue weighted by molar-refractivity contribution is 5.41. The van der Waals surface area contributed by atoms with Crippen molar-refractivity contribution in [2.24, 2.45) is 5.41 Å². The number of H-pyrrole nitrogens is 1. The van der Waals surface area contributed by atoms with E-state index in [4.69, 9.17) is 0 Å². The van der Waals surface area contributed by atoms with E-state index in [1.807, 2.05) is 0 Å². The SMILES string of the molecule is OC1CC2(C1)CC2NCc1ccc(C#Cc2cn[nH]c2)cc1. The predicted molar refractivity (Wildman–Crippen MR) is 83.9 cm³/mol. The average Bonchev–Trinajstić information content (AvgIpc) is 2.96. The third-order valence-electron chi connectivity index (χ3n) is 4.83. The fourth-order valence-corrected chi connectivity index (χ4v) is 3.38. The van der Waals surface area contributed by atoms with Crippen molar-refractivity contribution in [2.45, 2.75) is 38.0 Å². The molecule has 3 N–H and O–H groups in total. The molecule has 2 aromatic rings. The Morgan fingerprint density at radius 1 is 1.18 bits per heavy atom. The summed E-state index contributed by atoms with van der Waals surface area (Å²) >= 11 is 0. The van der Waals surface area contributed by atoms with Crippen molar-refractivity contribution in [3.8, 4) is 11.8 Å². The van der Waals surface area contributed by atoms with Crippen LogP contribution >= 0.6 is 0 Å². The quantitative estimate of drug-likeness (QED) is 0.756. The third-order valence-corrected chi connectivity index (χ3v) is 4.83. The second kappa shape index (κ2) is 5.28. The molecule has 1 atom stereocenters. The summed E-state index contributed by atoms with van der Waals surface area (Å²) in [4.78, 5) is 0. The number of benzene rings is 1. The van der Waals surface area contributed by atoms with E-state index in [-0.39, 0.29) is 6.10 Å². The molecular weight excluding hydrogens is 274 g/mol. The standard InChI is InChI=1S/C18H19N3O/c22-16-7-18(8-16)9-17(18)19-10-14-4-1-13(2-5-14)3-6-15-11-20-21-12-15/h1-2,4-5,11-12,16-17,19,22H,7-10H2,(H,20,21). The van der Waals surface area contributed by atoms with E-state index in [0.717, 1.165) is 30.5 Å². The van der Waals surface area contributed by atoms with Gasteiger partial charge >= 0.3 is 0 Å². The van der Waals surface area contributed by atoms with Gasteiger partial charge in [-0.2, -0.15) is 5.10 Å². The van der Waals surface area contributed by atoms with Gasteiger partial charge < -0.3 is 10.4 Å². The Balaban J connectivity index is 1.31. The maximum Gasteiger partial charge on any atom is 0.0644 e. The zero-order chi connectivity index (χ0) is 15.0. The molecule has 2 saturated carbocycles. The average molecular weight is 293 g/mol. The highest BCUT2D eigenvalue weighted by Crippen LogP contribution is 2.60. The number of aliphatic hydroxyl groups is 1. The second-order valence-corrected chi connectivity index (χ2v) is 6.50. The number of nitrogens with one attached hydrogen (secondary N) is 2. The number of rotatable bonds is 3. The summed E-state index contributed by atoms with van der Waals surface area (Å²) in [6, 6.07) is 8.95. The van der Waals surface area contributed by atoms with Crippen LogP contribution in [0.5, 0.6) is 0 Å². The fraction of sp³-hybridized carbons (Fsp3) is 0.389. The Kier molecular flexibility index (Phi) is 3.25. The van der Waals surface area contributed by atoms with Crippen LogP contribution in [0.4, 0.5) is 0 Å². The lowest BCUT2D eigenvalue weighted by Crippen LogP contribution is -2.36. The third kappa shape index (κ3) is 2.66. The van der Waals surface area contributed by atoms with E-state index in [2.05, 4.69) is 51.6 Å². The zero-order valence-electron chi connectivity index (χ0n) is 12.3. The highest BCUT2D eigenvalue weighted by Gasteiger charge is 2.60. The van der Waals surface area contributed by atoms with Gasteiger partial charge in [-0.3, -0.25) is 5.10 Å². The van der Waals surface area contributed by atoms with Crippen LogP contribution in [0, 0.1) is 17.3 Å². The first kappa shape index (κ1) is 13.6. The minimum absolute atomic E-state index is 0.0557. The van der Waals surface area contributed by atoms with Crippen LogP contribution in [0.1, 0.15) is 36.0 Å². The number of aromatic amines is 1. The minimum Gasteiger partial charge on any atom is -0.393 e. The lowest BCUT2D eigenvalue weighted by molar-refractivity contribution is 0.0237. The van der Waals surface area contributed by atoms with E-state index >= 15 is 0 Å². The molecule has 4 nitrogen and oxygen atoms in total. The fourth-order valence-electron chi connectivity index (χ4n) is 3.38. The monoisotopic (exact) mass is 293 g/mol. The molecule has 1 aromatic carbocycles. The highest BCUT2D eigenvalue weighted by atomic mass is 16.3. The van der Waals surface area contributed by atoms with Crippen LogP contribution in [0.2, 0.25) is 0 Å². The molecule has 22 heavy (non-hydrogen) atoms. The van der Waals surface area contributed by atoms with Crippen LogP contribution in [0.25, 0.3) is 0 Å². The molecule has 1 spiro atoms. The number of aliphatic hydroxyl groups excluding tert-OH is 1. The lowest BCUT2D eigenvalue weighted by atomic mass is 9.78. The number of aromatic nitrogens is 2. The summed E-state index contributed by atoms with van der Waals surface area (Å²) in [5, 5.41) is 19.7. The maximum absolute atomic E-state index is 9.43. The molecule has 0 saturated heterocycles. The zero-order valence-corrected chi connectivity index (χ0v) is 12.3. The smallest absolute Gasteiger partial charge is 0.0644 e. The van der Waals surface area contributed by atoms with E-state index in [1.165, 1.54) is 12.0 Å². The molecule has 1 heterocycles. The first-order valence-electron chi connectivity index (χ1n) is 7.75. The summed E-state index contributed by atoms with van der Waals surface area (Å²) < 4.78 is 0. The number of hydrogen-bond donors (Lipinski definition) is 3. The molecule has 112 valence electrons. The Bertz CT molecular complexity index is 703.